The minimum Gasteiger partial charge on any atom is -0.341 e. The van der Waals surface area contributed by atoms with E-state index in [1.807, 2.05) is 0 Å². The summed E-state index contributed by atoms with van der Waals surface area (Å²) >= 11 is 0. The van der Waals surface area contributed by atoms with Crippen LogP contribution >= 0.6 is 0 Å². The number of rotatable bonds is 1. The maximum absolute atomic E-state index is 12.1. The Hall–Kier alpha value is -1.43. The number of nitrogens with zero attached hydrogens (tertiary/aromatic N) is 1. The van der Waals surface area contributed by atoms with E-state index in [-0.39, 0.29) is 35.5 Å². The second-order valence-corrected chi connectivity index (χ2v) is 5.00. The van der Waals surface area contributed by atoms with Gasteiger partial charge in [0.15, 0.2) is 0 Å². The van der Waals surface area contributed by atoms with Gasteiger partial charge in [0.25, 0.3) is 0 Å². The zero-order chi connectivity index (χ0) is 12.0. The number of likely N-dealkylation sites (tertiary alicyclic amines) is 1. The van der Waals surface area contributed by atoms with Crippen LogP contribution in [-0.4, -0.2) is 48.8 Å². The lowest BCUT2D eigenvalue weighted by Gasteiger charge is -2.20. The van der Waals surface area contributed by atoms with Crippen LogP contribution in [0.25, 0.3) is 0 Å². The minimum absolute atomic E-state index is 0.0204. The summed E-state index contributed by atoms with van der Waals surface area (Å²) in [5, 5.41) is 5.47. The average molecular weight is 237 g/mol. The molecular formula is C11H15N3O3. The number of imide groups is 1. The van der Waals surface area contributed by atoms with Gasteiger partial charge in [-0.1, -0.05) is 0 Å². The predicted molar refractivity (Wildman–Crippen MR) is 57.7 cm³/mol. The average Bonchev–Trinajstić information content (AvgIpc) is 3.00. The van der Waals surface area contributed by atoms with Gasteiger partial charge in [0, 0.05) is 19.6 Å². The van der Waals surface area contributed by atoms with Crippen LogP contribution in [0.1, 0.15) is 6.42 Å². The van der Waals surface area contributed by atoms with Crippen molar-refractivity contribution in [2.45, 2.75) is 6.42 Å². The van der Waals surface area contributed by atoms with Crippen LogP contribution in [0.2, 0.25) is 0 Å². The molecule has 6 heteroatoms. The third-order valence-corrected chi connectivity index (χ3v) is 3.96. The largest absolute Gasteiger partial charge is 0.341 e. The number of carbonyl (C=O) groups is 3. The van der Waals surface area contributed by atoms with E-state index in [1.54, 1.807) is 4.90 Å². The lowest BCUT2D eigenvalue weighted by atomic mass is 10.00. The molecule has 17 heavy (non-hydrogen) atoms. The van der Waals surface area contributed by atoms with E-state index in [2.05, 4.69) is 10.6 Å². The van der Waals surface area contributed by atoms with E-state index in [4.69, 9.17) is 0 Å². The Balaban J connectivity index is 1.70. The quantitative estimate of drug-likeness (QED) is 0.534. The molecule has 3 amide bonds. The SMILES string of the molecule is O=C1NC(=O)[C@@H]2CN(C(=O)[C@H]3CCNC3)C[C@H]12. The number of hydrogen-bond donors (Lipinski definition) is 2. The Labute approximate surface area is 98.7 Å². The highest BCUT2D eigenvalue weighted by Gasteiger charge is 2.49. The van der Waals surface area contributed by atoms with Crippen molar-refractivity contribution in [2.75, 3.05) is 26.2 Å². The molecule has 3 aliphatic rings. The summed E-state index contributed by atoms with van der Waals surface area (Å²) in [6.07, 6.45) is 0.852. The third kappa shape index (κ3) is 1.63. The van der Waals surface area contributed by atoms with Gasteiger partial charge >= 0.3 is 0 Å². The van der Waals surface area contributed by atoms with Crippen molar-refractivity contribution < 1.29 is 14.4 Å². The first-order valence-corrected chi connectivity index (χ1v) is 6.01. The summed E-state index contributed by atoms with van der Waals surface area (Å²) in [4.78, 5) is 36.8. The van der Waals surface area contributed by atoms with Crippen LogP contribution in [0.4, 0.5) is 0 Å². The smallest absolute Gasteiger partial charge is 0.232 e. The molecular weight excluding hydrogens is 222 g/mol. The Morgan fingerprint density at radius 2 is 1.82 bits per heavy atom. The minimum atomic E-state index is -0.319. The van der Waals surface area contributed by atoms with Gasteiger partial charge in [-0.25, -0.2) is 0 Å². The molecule has 0 radical (unpaired) electrons. The Bertz CT molecular complexity index is 367. The van der Waals surface area contributed by atoms with Gasteiger partial charge in [-0.2, -0.15) is 0 Å². The van der Waals surface area contributed by atoms with Crippen molar-refractivity contribution in [1.82, 2.24) is 15.5 Å². The van der Waals surface area contributed by atoms with Gasteiger partial charge < -0.3 is 10.2 Å². The van der Waals surface area contributed by atoms with Crippen LogP contribution in [0.15, 0.2) is 0 Å². The third-order valence-electron chi connectivity index (χ3n) is 3.96. The Morgan fingerprint density at radius 3 is 2.35 bits per heavy atom. The van der Waals surface area contributed by atoms with E-state index < -0.39 is 0 Å². The molecule has 92 valence electrons. The molecule has 0 unspecified atom stereocenters. The number of fused-ring (bicyclic) bond motifs is 1. The molecule has 0 saturated carbocycles. The molecule has 0 aromatic rings. The molecule has 3 atom stereocenters. The van der Waals surface area contributed by atoms with Gasteiger partial charge in [0.2, 0.25) is 17.7 Å². The first kappa shape index (κ1) is 10.7. The van der Waals surface area contributed by atoms with Crippen molar-refractivity contribution in [3.05, 3.63) is 0 Å². The van der Waals surface area contributed by atoms with Crippen LogP contribution in [-0.2, 0) is 14.4 Å². The second-order valence-electron chi connectivity index (χ2n) is 5.00. The van der Waals surface area contributed by atoms with E-state index in [0.29, 0.717) is 19.6 Å². The molecule has 6 nitrogen and oxygen atoms in total. The van der Waals surface area contributed by atoms with Crippen LogP contribution < -0.4 is 10.6 Å². The van der Waals surface area contributed by atoms with E-state index in [9.17, 15) is 14.4 Å². The van der Waals surface area contributed by atoms with Crippen molar-refractivity contribution in [2.24, 2.45) is 17.8 Å². The highest BCUT2D eigenvalue weighted by Crippen LogP contribution is 2.29. The van der Waals surface area contributed by atoms with Crippen LogP contribution in [0, 0.1) is 17.8 Å². The van der Waals surface area contributed by atoms with E-state index >= 15 is 0 Å². The lowest BCUT2D eigenvalue weighted by molar-refractivity contribution is -0.134. The topological polar surface area (TPSA) is 78.5 Å². The highest BCUT2D eigenvalue weighted by molar-refractivity contribution is 6.06. The molecule has 3 fully saturated rings. The summed E-state index contributed by atoms with van der Waals surface area (Å²) < 4.78 is 0. The molecule has 0 bridgehead atoms. The van der Waals surface area contributed by atoms with Gasteiger partial charge in [0.1, 0.15) is 0 Å². The number of carbonyl (C=O) groups excluding carboxylic acids is 3. The highest BCUT2D eigenvalue weighted by atomic mass is 16.2. The lowest BCUT2D eigenvalue weighted by Crippen LogP contribution is -2.39. The molecule has 3 heterocycles. The van der Waals surface area contributed by atoms with Crippen LogP contribution in [0.5, 0.6) is 0 Å². The van der Waals surface area contributed by atoms with Gasteiger partial charge in [0.05, 0.1) is 17.8 Å². The van der Waals surface area contributed by atoms with Crippen molar-refractivity contribution >= 4 is 17.7 Å². The molecule has 2 N–H and O–H groups in total. The maximum Gasteiger partial charge on any atom is 0.232 e. The summed E-state index contributed by atoms with van der Waals surface area (Å²) in [7, 11) is 0. The van der Waals surface area contributed by atoms with Gasteiger partial charge in [-0.15, -0.1) is 0 Å². The second kappa shape index (κ2) is 3.80. The van der Waals surface area contributed by atoms with Crippen molar-refractivity contribution in [3.8, 4) is 0 Å². The molecule has 3 rings (SSSR count). The Kier molecular flexibility index (Phi) is 2.39. The molecule has 3 aliphatic heterocycles. The molecule has 0 aromatic carbocycles. The van der Waals surface area contributed by atoms with E-state index in [1.165, 1.54) is 0 Å². The monoisotopic (exact) mass is 237 g/mol. The molecule has 0 spiro atoms. The maximum atomic E-state index is 12.1. The predicted octanol–water partition coefficient (Wildman–Crippen LogP) is -1.67. The first-order chi connectivity index (χ1) is 8.16. The zero-order valence-corrected chi connectivity index (χ0v) is 9.44. The zero-order valence-electron chi connectivity index (χ0n) is 9.44. The first-order valence-electron chi connectivity index (χ1n) is 6.01. The molecule has 0 aromatic heterocycles. The fraction of sp³-hybridized carbons (Fsp3) is 0.727. The number of nitrogens with one attached hydrogen (secondary N) is 2. The summed E-state index contributed by atoms with van der Waals surface area (Å²) in [5.41, 5.74) is 0. The summed E-state index contributed by atoms with van der Waals surface area (Å²) in [6, 6.07) is 0. The van der Waals surface area contributed by atoms with Gasteiger partial charge in [-0.05, 0) is 13.0 Å². The fourth-order valence-corrected chi connectivity index (χ4v) is 2.95. The van der Waals surface area contributed by atoms with E-state index in [0.717, 1.165) is 13.0 Å². The number of amides is 3. The molecule has 0 aliphatic carbocycles. The van der Waals surface area contributed by atoms with Crippen molar-refractivity contribution in [1.29, 1.82) is 0 Å². The Morgan fingerprint density at radius 1 is 1.18 bits per heavy atom. The normalized spacial score (nSPS) is 36.2. The van der Waals surface area contributed by atoms with Crippen LogP contribution in [0.3, 0.4) is 0 Å². The van der Waals surface area contributed by atoms with Gasteiger partial charge in [-0.3, -0.25) is 19.7 Å². The van der Waals surface area contributed by atoms with Crippen molar-refractivity contribution in [3.63, 3.8) is 0 Å². The number of hydrogen-bond acceptors (Lipinski definition) is 4. The molecule has 3 saturated heterocycles. The summed E-state index contributed by atoms with van der Waals surface area (Å²) in [6.45, 7) is 2.39. The standard InChI is InChI=1S/C11H15N3O3/c15-9-7-4-14(5-8(7)10(16)13-9)11(17)6-1-2-12-3-6/h6-8,12H,1-5H2,(H,13,15,16)/t6-,7-,8+/m0/s1. The summed E-state index contributed by atoms with van der Waals surface area (Å²) in [5.74, 6) is -0.974. The fourth-order valence-electron chi connectivity index (χ4n) is 2.95.